The molecule has 0 N–H and O–H groups in total. The highest BCUT2D eigenvalue weighted by Gasteiger charge is 2.33. The number of rotatable bonds is 9. The van der Waals surface area contributed by atoms with Crippen molar-refractivity contribution in [3.05, 3.63) is 82.8 Å². The number of thiocarbonyl (C=S) groups is 1. The summed E-state index contributed by atoms with van der Waals surface area (Å²) < 4.78 is 21.9. The fraction of sp³-hybridized carbons (Fsp3) is 0.111. The molecule has 3 aromatic carbocycles. The Morgan fingerprint density at radius 2 is 1.57 bits per heavy atom. The minimum Gasteiger partial charge on any atom is -0.493 e. The fourth-order valence-corrected chi connectivity index (χ4v) is 4.74. The van der Waals surface area contributed by atoms with Crippen LogP contribution in [0.15, 0.2) is 71.6 Å². The maximum atomic E-state index is 13.0. The van der Waals surface area contributed by atoms with E-state index in [1.807, 2.05) is 30.3 Å². The lowest BCUT2D eigenvalue weighted by atomic mass is 10.2. The number of thioether (sulfide) groups is 1. The second-order valence-electron chi connectivity index (χ2n) is 7.55. The lowest BCUT2D eigenvalue weighted by Crippen LogP contribution is -2.27. The van der Waals surface area contributed by atoms with Gasteiger partial charge in [-0.2, -0.15) is 0 Å². The molecular formula is C27H21NO7S2. The molecule has 1 aliphatic rings. The zero-order chi connectivity index (χ0) is 26.4. The summed E-state index contributed by atoms with van der Waals surface area (Å²) in [5, 5.41) is 0. The molecule has 0 aliphatic carbocycles. The van der Waals surface area contributed by atoms with Crippen LogP contribution in [0, 0.1) is 0 Å². The first-order valence-corrected chi connectivity index (χ1v) is 12.1. The minimum absolute atomic E-state index is 0.164. The van der Waals surface area contributed by atoms with E-state index in [1.54, 1.807) is 24.3 Å². The number of nitrogens with zero attached hydrogens (tertiary/aromatic N) is 1. The van der Waals surface area contributed by atoms with Crippen LogP contribution in [0.5, 0.6) is 23.0 Å². The van der Waals surface area contributed by atoms with Crippen molar-refractivity contribution in [2.45, 2.75) is 0 Å². The van der Waals surface area contributed by atoms with Gasteiger partial charge in [0, 0.05) is 5.56 Å². The second-order valence-corrected chi connectivity index (χ2v) is 9.23. The largest absolute Gasteiger partial charge is 0.493 e. The predicted molar refractivity (Wildman–Crippen MR) is 145 cm³/mol. The van der Waals surface area contributed by atoms with Gasteiger partial charge >= 0.3 is 5.97 Å². The number of aldehydes is 1. The van der Waals surface area contributed by atoms with Gasteiger partial charge in [0.2, 0.25) is 0 Å². The molecular weight excluding hydrogens is 514 g/mol. The van der Waals surface area contributed by atoms with Crippen molar-refractivity contribution in [1.82, 2.24) is 0 Å². The second kappa shape index (κ2) is 11.7. The summed E-state index contributed by atoms with van der Waals surface area (Å²) in [6.45, 7) is -0.399. The molecule has 0 aromatic heterocycles. The number of amides is 1. The number of hydrogen-bond donors (Lipinski definition) is 0. The van der Waals surface area contributed by atoms with E-state index >= 15 is 0 Å². The van der Waals surface area contributed by atoms with Gasteiger partial charge in [0.05, 0.1) is 24.8 Å². The van der Waals surface area contributed by atoms with Crippen molar-refractivity contribution in [2.24, 2.45) is 0 Å². The molecule has 0 saturated carbocycles. The van der Waals surface area contributed by atoms with Crippen molar-refractivity contribution in [3.63, 3.8) is 0 Å². The van der Waals surface area contributed by atoms with Crippen LogP contribution in [-0.4, -0.2) is 43.3 Å². The molecule has 8 nitrogen and oxygen atoms in total. The number of carbonyl (C=O) groups is 3. The molecule has 1 fully saturated rings. The number of hydrogen-bond acceptors (Lipinski definition) is 9. The Kier molecular flexibility index (Phi) is 8.22. The number of benzene rings is 3. The molecule has 3 aromatic rings. The molecule has 1 aliphatic heterocycles. The Bertz CT molecular complexity index is 1390. The van der Waals surface area contributed by atoms with Gasteiger partial charge in [0.25, 0.3) is 5.91 Å². The summed E-state index contributed by atoms with van der Waals surface area (Å²) in [6, 6.07) is 18.7. The molecule has 0 spiro atoms. The standard InChI is InChI=1S/C27H21NO7S2/c1-32-22-12-17(14-24-26(31)28(27(36)37-24)19-6-4-3-5-7-19)8-10-20(22)34-16-25(30)35-21-11-9-18(15-29)13-23(21)33-2/h3-15H,16H2,1-2H3. The predicted octanol–water partition coefficient (Wildman–Crippen LogP) is 4.91. The highest BCUT2D eigenvalue weighted by atomic mass is 32.2. The van der Waals surface area contributed by atoms with E-state index in [4.69, 9.17) is 31.2 Å². The first-order valence-electron chi connectivity index (χ1n) is 10.9. The van der Waals surface area contributed by atoms with E-state index in [2.05, 4.69) is 0 Å². The van der Waals surface area contributed by atoms with Gasteiger partial charge in [-0.3, -0.25) is 14.5 Å². The zero-order valence-electron chi connectivity index (χ0n) is 19.8. The zero-order valence-corrected chi connectivity index (χ0v) is 21.5. The Balaban J connectivity index is 1.44. The molecule has 1 heterocycles. The van der Waals surface area contributed by atoms with Gasteiger partial charge in [0.1, 0.15) is 6.29 Å². The van der Waals surface area contributed by atoms with Crippen LogP contribution in [0.1, 0.15) is 15.9 Å². The molecule has 10 heteroatoms. The Labute approximate surface area is 222 Å². The SMILES string of the molecule is COc1cc(C=C2SC(=S)N(c3ccccc3)C2=O)ccc1OCC(=O)Oc1ccc(C=O)cc1OC. The molecule has 0 unspecified atom stereocenters. The maximum Gasteiger partial charge on any atom is 0.349 e. The third-order valence-corrected chi connectivity index (χ3v) is 6.49. The van der Waals surface area contributed by atoms with Crippen molar-refractivity contribution < 1.29 is 33.3 Å². The van der Waals surface area contributed by atoms with Crippen LogP contribution < -0.4 is 23.8 Å². The number of esters is 1. The van der Waals surface area contributed by atoms with E-state index in [9.17, 15) is 14.4 Å². The van der Waals surface area contributed by atoms with Gasteiger partial charge in [-0.25, -0.2) is 4.79 Å². The summed E-state index contributed by atoms with van der Waals surface area (Å²) in [4.78, 5) is 38.2. The van der Waals surface area contributed by atoms with Gasteiger partial charge < -0.3 is 18.9 Å². The fourth-order valence-electron chi connectivity index (χ4n) is 3.44. The number of para-hydroxylation sites is 1. The van der Waals surface area contributed by atoms with Crippen molar-refractivity contribution in [3.8, 4) is 23.0 Å². The summed E-state index contributed by atoms with van der Waals surface area (Å²) in [5.41, 5.74) is 1.79. The van der Waals surface area contributed by atoms with Crippen LogP contribution in [0.3, 0.4) is 0 Å². The quantitative estimate of drug-likeness (QED) is 0.125. The summed E-state index contributed by atoms with van der Waals surface area (Å²) in [6.07, 6.45) is 2.38. The lowest BCUT2D eigenvalue weighted by Gasteiger charge is -2.14. The monoisotopic (exact) mass is 535 g/mol. The minimum atomic E-state index is -0.673. The third kappa shape index (κ3) is 5.99. The normalized spacial score (nSPS) is 14.0. The Morgan fingerprint density at radius 1 is 0.919 bits per heavy atom. The summed E-state index contributed by atoms with van der Waals surface area (Å²) >= 11 is 6.63. The van der Waals surface area contributed by atoms with Crippen LogP contribution in [0.2, 0.25) is 0 Å². The third-order valence-electron chi connectivity index (χ3n) is 5.19. The van der Waals surface area contributed by atoms with E-state index in [-0.39, 0.29) is 17.4 Å². The topological polar surface area (TPSA) is 91.4 Å². The number of ether oxygens (including phenoxy) is 4. The molecule has 188 valence electrons. The summed E-state index contributed by atoms with van der Waals surface area (Å²) in [7, 11) is 2.88. The molecule has 4 rings (SSSR count). The van der Waals surface area contributed by atoms with E-state index in [0.717, 1.165) is 0 Å². The van der Waals surface area contributed by atoms with E-state index in [1.165, 1.54) is 49.1 Å². The average Bonchev–Trinajstić information content (AvgIpc) is 3.20. The van der Waals surface area contributed by atoms with Crippen LogP contribution >= 0.6 is 24.0 Å². The Hall–Kier alpha value is -4.15. The Morgan fingerprint density at radius 3 is 2.27 bits per heavy atom. The number of methoxy groups -OCH3 is 2. The molecule has 0 bridgehead atoms. The van der Waals surface area contributed by atoms with Crippen LogP contribution in [0.4, 0.5) is 5.69 Å². The van der Waals surface area contributed by atoms with E-state index < -0.39 is 12.6 Å². The molecule has 0 atom stereocenters. The highest BCUT2D eigenvalue weighted by Crippen LogP contribution is 2.37. The number of carbonyl (C=O) groups excluding carboxylic acids is 3. The molecule has 0 radical (unpaired) electrons. The molecule has 1 amide bonds. The van der Waals surface area contributed by atoms with Crippen molar-refractivity contribution in [2.75, 3.05) is 25.7 Å². The molecule has 37 heavy (non-hydrogen) atoms. The number of anilines is 1. The van der Waals surface area contributed by atoms with Gasteiger partial charge in [-0.05, 0) is 54.1 Å². The smallest absolute Gasteiger partial charge is 0.349 e. The van der Waals surface area contributed by atoms with Crippen molar-refractivity contribution in [1.29, 1.82) is 0 Å². The van der Waals surface area contributed by atoms with Crippen LogP contribution in [-0.2, 0) is 9.59 Å². The van der Waals surface area contributed by atoms with Crippen LogP contribution in [0.25, 0.3) is 6.08 Å². The lowest BCUT2D eigenvalue weighted by molar-refractivity contribution is -0.136. The first-order chi connectivity index (χ1) is 17.9. The average molecular weight is 536 g/mol. The van der Waals surface area contributed by atoms with Crippen molar-refractivity contribution >= 4 is 58.2 Å². The van der Waals surface area contributed by atoms with Gasteiger partial charge in [0.15, 0.2) is 33.9 Å². The van der Waals surface area contributed by atoms with Gasteiger partial charge in [-0.1, -0.05) is 48.2 Å². The molecule has 1 saturated heterocycles. The summed E-state index contributed by atoms with van der Waals surface area (Å²) in [5.74, 6) is 0.215. The first kappa shape index (κ1) is 25.9. The van der Waals surface area contributed by atoms with Gasteiger partial charge in [-0.15, -0.1) is 0 Å². The van der Waals surface area contributed by atoms with E-state index in [0.29, 0.717) is 43.8 Å². The highest BCUT2D eigenvalue weighted by molar-refractivity contribution is 8.27. The maximum absolute atomic E-state index is 13.0.